The van der Waals surface area contributed by atoms with E-state index >= 15 is 0 Å². The van der Waals surface area contributed by atoms with Crippen LogP contribution in [0.2, 0.25) is 0 Å². The number of ketones is 1. The van der Waals surface area contributed by atoms with Crippen LogP contribution < -0.4 is 5.32 Å². The molecule has 1 aromatic carbocycles. The van der Waals surface area contributed by atoms with Gasteiger partial charge in [0.1, 0.15) is 0 Å². The molecular weight excluding hydrogens is 267 g/mol. The molecule has 0 bridgehead atoms. The number of halogens is 3. The van der Waals surface area contributed by atoms with Gasteiger partial charge in [-0.2, -0.15) is 13.2 Å². The third-order valence-electron chi connectivity index (χ3n) is 2.87. The van der Waals surface area contributed by atoms with Crippen molar-refractivity contribution in [1.29, 1.82) is 0 Å². The third-order valence-corrected chi connectivity index (χ3v) is 2.87. The van der Waals surface area contributed by atoms with Gasteiger partial charge in [0.05, 0.1) is 13.1 Å². The molecule has 0 unspecified atom stereocenters. The summed E-state index contributed by atoms with van der Waals surface area (Å²) in [5.74, 6) is -0.252. The second kappa shape index (κ2) is 6.39. The average molecular weight is 287 g/mol. The van der Waals surface area contributed by atoms with Crippen molar-refractivity contribution in [3.63, 3.8) is 0 Å². The van der Waals surface area contributed by atoms with Gasteiger partial charge in [-0.05, 0) is 16.5 Å². The Bertz CT molecular complexity index is 444. The summed E-state index contributed by atoms with van der Waals surface area (Å²) in [7, 11) is 0. The Morgan fingerprint density at radius 2 is 1.65 bits per heavy atom. The number of hydrogen-bond donors (Lipinski definition) is 1. The summed E-state index contributed by atoms with van der Waals surface area (Å²) in [6, 6.07) is 7.60. The molecule has 5 heteroatoms. The lowest BCUT2D eigenvalue weighted by atomic mass is 9.86. The van der Waals surface area contributed by atoms with Crippen molar-refractivity contribution in [2.24, 2.45) is 0 Å². The zero-order valence-electron chi connectivity index (χ0n) is 12.0. The van der Waals surface area contributed by atoms with Crippen LogP contribution in [-0.2, 0) is 16.6 Å². The SMILES string of the molecule is CC(C)(C)c1ccc(CC(=O)CNCC(F)(F)F)cc1. The molecule has 0 saturated carbocycles. The minimum absolute atomic E-state index is 0.0385. The Hall–Kier alpha value is -1.36. The van der Waals surface area contributed by atoms with Crippen LogP contribution in [0, 0.1) is 0 Å². The van der Waals surface area contributed by atoms with Crippen LogP contribution in [0.25, 0.3) is 0 Å². The van der Waals surface area contributed by atoms with Crippen LogP contribution in [0.15, 0.2) is 24.3 Å². The summed E-state index contributed by atoms with van der Waals surface area (Å²) in [5.41, 5.74) is 2.01. The monoisotopic (exact) mass is 287 g/mol. The average Bonchev–Trinajstić information content (AvgIpc) is 2.26. The first-order chi connectivity index (χ1) is 9.08. The number of rotatable bonds is 5. The van der Waals surface area contributed by atoms with Gasteiger partial charge < -0.3 is 5.32 Å². The lowest BCUT2D eigenvalue weighted by Gasteiger charge is -2.19. The van der Waals surface area contributed by atoms with Crippen molar-refractivity contribution in [1.82, 2.24) is 5.32 Å². The van der Waals surface area contributed by atoms with E-state index in [4.69, 9.17) is 0 Å². The van der Waals surface area contributed by atoms with Crippen LogP contribution in [0.5, 0.6) is 0 Å². The molecule has 112 valence electrons. The van der Waals surface area contributed by atoms with E-state index < -0.39 is 12.7 Å². The van der Waals surface area contributed by atoms with E-state index in [1.807, 2.05) is 24.3 Å². The van der Waals surface area contributed by atoms with Gasteiger partial charge in [0.15, 0.2) is 5.78 Å². The van der Waals surface area contributed by atoms with Gasteiger partial charge in [0.2, 0.25) is 0 Å². The van der Waals surface area contributed by atoms with Gasteiger partial charge in [-0.1, -0.05) is 45.0 Å². The molecule has 0 aliphatic heterocycles. The quantitative estimate of drug-likeness (QED) is 0.900. The van der Waals surface area contributed by atoms with E-state index in [0.29, 0.717) is 0 Å². The first kappa shape index (κ1) is 16.7. The minimum Gasteiger partial charge on any atom is -0.302 e. The molecule has 0 aliphatic rings. The fraction of sp³-hybridized carbons (Fsp3) is 0.533. The summed E-state index contributed by atoms with van der Waals surface area (Å²) >= 11 is 0. The Morgan fingerprint density at radius 1 is 1.10 bits per heavy atom. The van der Waals surface area contributed by atoms with Gasteiger partial charge >= 0.3 is 6.18 Å². The highest BCUT2D eigenvalue weighted by molar-refractivity contribution is 5.82. The molecule has 0 aliphatic carbocycles. The molecule has 0 aromatic heterocycles. The van der Waals surface area contributed by atoms with Crippen LogP contribution >= 0.6 is 0 Å². The van der Waals surface area contributed by atoms with Crippen molar-refractivity contribution in [2.75, 3.05) is 13.1 Å². The number of carbonyl (C=O) groups excluding carboxylic acids is 1. The summed E-state index contributed by atoms with van der Waals surface area (Å²) in [5, 5.41) is 2.11. The number of nitrogens with one attached hydrogen (secondary N) is 1. The highest BCUT2D eigenvalue weighted by Crippen LogP contribution is 2.22. The van der Waals surface area contributed by atoms with Gasteiger partial charge in [-0.3, -0.25) is 4.79 Å². The standard InChI is InChI=1S/C15H20F3NO/c1-14(2,3)12-6-4-11(5-7-12)8-13(20)9-19-10-15(16,17)18/h4-7,19H,8-10H2,1-3H3. The number of alkyl halides is 3. The number of carbonyl (C=O) groups is 1. The number of Topliss-reactive ketones (excluding diaryl/α,β-unsaturated/α-hetero) is 1. The maximum atomic E-state index is 11.9. The van der Waals surface area contributed by atoms with Gasteiger partial charge in [0, 0.05) is 6.42 Å². The van der Waals surface area contributed by atoms with E-state index in [0.717, 1.165) is 11.1 Å². The zero-order valence-corrected chi connectivity index (χ0v) is 12.0. The molecule has 1 rings (SSSR count). The molecule has 0 atom stereocenters. The molecule has 0 heterocycles. The van der Waals surface area contributed by atoms with Crippen LogP contribution in [-0.4, -0.2) is 25.0 Å². The third kappa shape index (κ3) is 6.19. The van der Waals surface area contributed by atoms with Gasteiger partial charge in [-0.25, -0.2) is 0 Å². The van der Waals surface area contributed by atoms with Crippen molar-refractivity contribution in [3.05, 3.63) is 35.4 Å². The second-order valence-electron chi connectivity index (χ2n) is 5.88. The number of benzene rings is 1. The summed E-state index contributed by atoms with van der Waals surface area (Å²) < 4.78 is 35.7. The molecule has 0 radical (unpaired) electrons. The molecule has 20 heavy (non-hydrogen) atoms. The Kier molecular flexibility index (Phi) is 5.34. The molecule has 0 spiro atoms. The van der Waals surface area contributed by atoms with Gasteiger partial charge in [-0.15, -0.1) is 0 Å². The van der Waals surface area contributed by atoms with Crippen LogP contribution in [0.1, 0.15) is 31.9 Å². The highest BCUT2D eigenvalue weighted by Gasteiger charge is 2.26. The molecule has 0 saturated heterocycles. The Labute approximate surface area is 117 Å². The van der Waals surface area contributed by atoms with Gasteiger partial charge in [0.25, 0.3) is 0 Å². The topological polar surface area (TPSA) is 29.1 Å². The van der Waals surface area contributed by atoms with E-state index in [9.17, 15) is 18.0 Å². The second-order valence-corrected chi connectivity index (χ2v) is 5.88. The molecule has 0 amide bonds. The van der Waals surface area contributed by atoms with E-state index in [1.165, 1.54) is 0 Å². The van der Waals surface area contributed by atoms with Crippen molar-refractivity contribution >= 4 is 5.78 Å². The Morgan fingerprint density at radius 3 is 2.10 bits per heavy atom. The molecule has 1 N–H and O–H groups in total. The molecule has 0 fully saturated rings. The van der Waals surface area contributed by atoms with E-state index in [-0.39, 0.29) is 24.2 Å². The van der Waals surface area contributed by atoms with Crippen LogP contribution in [0.3, 0.4) is 0 Å². The lowest BCUT2D eigenvalue weighted by molar-refractivity contribution is -0.127. The predicted octanol–water partition coefficient (Wildman–Crippen LogP) is 3.25. The molecule has 1 aromatic rings. The minimum atomic E-state index is -4.28. The largest absolute Gasteiger partial charge is 0.401 e. The summed E-state index contributed by atoms with van der Waals surface area (Å²) in [4.78, 5) is 11.6. The fourth-order valence-corrected chi connectivity index (χ4v) is 1.76. The maximum Gasteiger partial charge on any atom is 0.401 e. The highest BCUT2D eigenvalue weighted by atomic mass is 19.4. The smallest absolute Gasteiger partial charge is 0.302 e. The maximum absolute atomic E-state index is 11.9. The molecule has 2 nitrogen and oxygen atoms in total. The lowest BCUT2D eigenvalue weighted by Crippen LogP contribution is -2.33. The first-order valence-corrected chi connectivity index (χ1v) is 6.46. The zero-order chi connectivity index (χ0) is 15.4. The van der Waals surface area contributed by atoms with Crippen LogP contribution in [0.4, 0.5) is 13.2 Å². The van der Waals surface area contributed by atoms with E-state index in [2.05, 4.69) is 26.1 Å². The van der Waals surface area contributed by atoms with Crippen molar-refractivity contribution in [2.45, 2.75) is 38.8 Å². The van der Waals surface area contributed by atoms with E-state index in [1.54, 1.807) is 0 Å². The normalized spacial score (nSPS) is 12.5. The summed E-state index contributed by atoms with van der Waals surface area (Å²) in [6.45, 7) is 4.87. The Balaban J connectivity index is 2.47. The number of hydrogen-bond acceptors (Lipinski definition) is 2. The first-order valence-electron chi connectivity index (χ1n) is 6.46. The van der Waals surface area contributed by atoms with Crippen molar-refractivity contribution in [3.8, 4) is 0 Å². The predicted molar refractivity (Wildman–Crippen MR) is 72.8 cm³/mol. The van der Waals surface area contributed by atoms with Crippen molar-refractivity contribution < 1.29 is 18.0 Å². The summed E-state index contributed by atoms with van der Waals surface area (Å²) in [6.07, 6.45) is -4.14. The molecular formula is C15H20F3NO. The fourth-order valence-electron chi connectivity index (χ4n) is 1.76.